The Morgan fingerprint density at radius 3 is 2.63 bits per heavy atom. The Labute approximate surface area is 179 Å². The summed E-state index contributed by atoms with van der Waals surface area (Å²) >= 11 is 0. The first-order valence-electron chi connectivity index (χ1n) is 11.3. The number of likely N-dealkylation sites (tertiary alicyclic amines) is 1. The molecule has 0 radical (unpaired) electrons. The molecule has 0 aliphatic carbocycles. The molecule has 0 bridgehead atoms. The van der Waals surface area contributed by atoms with Crippen LogP contribution in [0.5, 0.6) is 0 Å². The molecule has 4 rings (SSSR count). The summed E-state index contributed by atoms with van der Waals surface area (Å²) in [5.41, 5.74) is 7.80. The Hall–Kier alpha value is -2.60. The van der Waals surface area contributed by atoms with E-state index in [2.05, 4.69) is 20.1 Å². The lowest BCUT2D eigenvalue weighted by Gasteiger charge is -2.31. The average Bonchev–Trinajstić information content (AvgIpc) is 2.79. The fraction of sp³-hybridized carbons (Fsp3) is 0.500. The summed E-state index contributed by atoms with van der Waals surface area (Å²) < 4.78 is 0. The van der Waals surface area contributed by atoms with Gasteiger partial charge in [-0.2, -0.15) is 0 Å². The molecular formula is C24H34N5O+. The zero-order chi connectivity index (χ0) is 20.8. The molecule has 2 saturated heterocycles. The maximum absolute atomic E-state index is 12.7. The fourth-order valence-electron chi connectivity index (χ4n) is 4.66. The molecule has 2 aromatic rings. The number of aromatic amines is 1. The van der Waals surface area contributed by atoms with Crippen LogP contribution in [-0.4, -0.2) is 43.5 Å². The molecule has 6 heteroatoms. The van der Waals surface area contributed by atoms with Gasteiger partial charge in [0.15, 0.2) is 0 Å². The van der Waals surface area contributed by atoms with Crippen LogP contribution in [0.1, 0.15) is 48.9 Å². The molecule has 2 aliphatic heterocycles. The Balaban J connectivity index is 1.33. The third-order valence-corrected chi connectivity index (χ3v) is 6.46. The second-order valence-corrected chi connectivity index (χ2v) is 8.63. The minimum Gasteiger partial charge on any atom is -0.399 e. The second kappa shape index (κ2) is 9.94. The number of nitrogens with zero attached hydrogens (tertiary/aromatic N) is 2. The number of nitrogens with two attached hydrogens (primary N) is 1. The molecule has 6 nitrogen and oxygen atoms in total. The maximum atomic E-state index is 12.7. The zero-order valence-electron chi connectivity index (χ0n) is 17.8. The lowest BCUT2D eigenvalue weighted by Crippen LogP contribution is -2.39. The standard InChI is InChI=1S/C24H33N5O/c25-21-7-4-6-20(18-21)24(30)27-22-8-5-12-26-23(22)29-16-10-19(11-17-29)9-15-28-13-2-1-3-14-28/h4-8,12,18-19H,1-3,9-11,13-17,25H2,(H,27,30)/p+1. The van der Waals surface area contributed by atoms with Crippen molar-refractivity contribution in [3.05, 3.63) is 48.2 Å². The number of anilines is 3. The molecule has 4 N–H and O–H groups in total. The van der Waals surface area contributed by atoms with Gasteiger partial charge in [0.25, 0.3) is 11.7 Å². The van der Waals surface area contributed by atoms with E-state index in [1.807, 2.05) is 18.3 Å². The van der Waals surface area contributed by atoms with Crippen LogP contribution in [-0.2, 0) is 0 Å². The Morgan fingerprint density at radius 1 is 1.07 bits per heavy atom. The van der Waals surface area contributed by atoms with E-state index in [-0.39, 0.29) is 5.91 Å². The molecule has 160 valence electrons. The first kappa shape index (κ1) is 20.7. The van der Waals surface area contributed by atoms with Crippen molar-refractivity contribution in [3.8, 4) is 0 Å². The van der Waals surface area contributed by atoms with Crippen LogP contribution in [0, 0.1) is 5.92 Å². The van der Waals surface area contributed by atoms with Gasteiger partial charge in [-0.25, -0.2) is 4.98 Å². The van der Waals surface area contributed by atoms with Crippen LogP contribution in [0.15, 0.2) is 42.6 Å². The number of aromatic nitrogens is 1. The number of benzene rings is 1. The minimum atomic E-state index is -0.139. The minimum absolute atomic E-state index is 0.139. The van der Waals surface area contributed by atoms with Gasteiger partial charge in [0.05, 0.1) is 19.3 Å². The van der Waals surface area contributed by atoms with Crippen LogP contribution in [0.25, 0.3) is 0 Å². The monoisotopic (exact) mass is 408 g/mol. The summed E-state index contributed by atoms with van der Waals surface area (Å²) in [5, 5.41) is 3.06. The molecular weight excluding hydrogens is 374 g/mol. The summed E-state index contributed by atoms with van der Waals surface area (Å²) in [6, 6.07) is 11.0. The van der Waals surface area contributed by atoms with Gasteiger partial charge in [0, 0.05) is 11.3 Å². The maximum Gasteiger partial charge on any atom is 0.298 e. The van der Waals surface area contributed by atoms with Crippen molar-refractivity contribution in [1.29, 1.82) is 0 Å². The quantitative estimate of drug-likeness (QED) is 0.718. The highest BCUT2D eigenvalue weighted by atomic mass is 16.1. The summed E-state index contributed by atoms with van der Waals surface area (Å²) in [4.78, 5) is 21.0. The van der Waals surface area contributed by atoms with Crippen molar-refractivity contribution in [2.45, 2.75) is 38.5 Å². The molecule has 0 saturated carbocycles. The number of H-pyrrole nitrogens is 1. The Bertz CT molecular complexity index is 841. The number of carbonyl (C=O) groups excluding carboxylic acids is 1. The van der Waals surface area contributed by atoms with Crippen LogP contribution >= 0.6 is 0 Å². The number of nitrogens with one attached hydrogen (secondary N) is 2. The van der Waals surface area contributed by atoms with Crippen molar-refractivity contribution < 1.29 is 9.78 Å². The first-order valence-corrected chi connectivity index (χ1v) is 11.3. The molecule has 30 heavy (non-hydrogen) atoms. The zero-order valence-corrected chi connectivity index (χ0v) is 17.8. The van der Waals surface area contributed by atoms with Gasteiger partial charge in [0.1, 0.15) is 5.69 Å². The fourth-order valence-corrected chi connectivity index (χ4v) is 4.66. The smallest absolute Gasteiger partial charge is 0.298 e. The highest BCUT2D eigenvalue weighted by Gasteiger charge is 2.28. The molecule has 0 atom stereocenters. The summed E-state index contributed by atoms with van der Waals surface area (Å²) in [5.74, 6) is 1.65. The van der Waals surface area contributed by atoms with E-state index in [0.29, 0.717) is 11.3 Å². The largest absolute Gasteiger partial charge is 0.399 e. The van der Waals surface area contributed by atoms with Crippen molar-refractivity contribution in [3.63, 3.8) is 0 Å². The van der Waals surface area contributed by atoms with E-state index in [1.54, 1.807) is 24.3 Å². The number of carbonyl (C=O) groups is 1. The number of rotatable bonds is 6. The molecule has 3 heterocycles. The molecule has 2 aliphatic rings. The number of pyridine rings is 1. The van der Waals surface area contributed by atoms with E-state index in [1.165, 1.54) is 58.2 Å². The molecule has 1 aromatic heterocycles. The van der Waals surface area contributed by atoms with E-state index in [0.717, 1.165) is 30.5 Å². The lowest BCUT2D eigenvalue weighted by molar-refractivity contribution is -0.363. The van der Waals surface area contributed by atoms with Gasteiger partial charge in [-0.05, 0) is 88.0 Å². The highest BCUT2D eigenvalue weighted by molar-refractivity contribution is 6.05. The number of piperidine rings is 2. The highest BCUT2D eigenvalue weighted by Crippen LogP contribution is 2.28. The number of hydrogen-bond donors (Lipinski definition) is 2. The van der Waals surface area contributed by atoms with Gasteiger partial charge in [-0.15, -0.1) is 0 Å². The third-order valence-electron chi connectivity index (χ3n) is 6.46. The Kier molecular flexibility index (Phi) is 6.84. The van der Waals surface area contributed by atoms with Gasteiger partial charge >= 0.3 is 0 Å². The topological polar surface area (TPSA) is 75.7 Å². The molecule has 1 amide bonds. The van der Waals surface area contributed by atoms with E-state index >= 15 is 0 Å². The summed E-state index contributed by atoms with van der Waals surface area (Å²) in [6.45, 7) is 5.87. The van der Waals surface area contributed by atoms with Crippen LogP contribution in [0.2, 0.25) is 0 Å². The average molecular weight is 409 g/mol. The SMILES string of the molecule is Nc1cccc(C(=O)Nc2ccc[nH+]c2N2CCC(CCN3CCCCC3)CC2)c1. The van der Waals surface area contributed by atoms with E-state index < -0.39 is 0 Å². The number of hydrogen-bond acceptors (Lipinski definition) is 4. The van der Waals surface area contributed by atoms with Crippen LogP contribution < -0.4 is 20.9 Å². The summed E-state index contributed by atoms with van der Waals surface area (Å²) in [6.07, 6.45) is 9.79. The first-order chi connectivity index (χ1) is 14.7. The molecule has 0 unspecified atom stereocenters. The van der Waals surface area contributed by atoms with Crippen molar-refractivity contribution in [1.82, 2.24) is 4.90 Å². The number of nitrogen functional groups attached to an aromatic ring is 1. The van der Waals surface area contributed by atoms with Crippen molar-refractivity contribution in [2.24, 2.45) is 5.92 Å². The molecule has 1 aromatic carbocycles. The van der Waals surface area contributed by atoms with Gasteiger partial charge in [-0.3, -0.25) is 9.69 Å². The van der Waals surface area contributed by atoms with Crippen LogP contribution in [0.3, 0.4) is 0 Å². The van der Waals surface area contributed by atoms with Crippen molar-refractivity contribution >= 4 is 23.1 Å². The predicted molar refractivity (Wildman–Crippen MR) is 122 cm³/mol. The van der Waals surface area contributed by atoms with Gasteiger partial charge in [0.2, 0.25) is 0 Å². The van der Waals surface area contributed by atoms with Gasteiger partial charge in [-0.1, -0.05) is 12.5 Å². The second-order valence-electron chi connectivity index (χ2n) is 8.63. The van der Waals surface area contributed by atoms with Gasteiger partial charge < -0.3 is 16.0 Å². The Morgan fingerprint density at radius 2 is 1.87 bits per heavy atom. The molecule has 2 fully saturated rings. The predicted octanol–water partition coefficient (Wildman–Crippen LogP) is 3.43. The number of amides is 1. The van der Waals surface area contributed by atoms with E-state index in [4.69, 9.17) is 5.73 Å². The normalized spacial score (nSPS) is 18.3. The van der Waals surface area contributed by atoms with Crippen molar-refractivity contribution in [2.75, 3.05) is 48.7 Å². The lowest BCUT2D eigenvalue weighted by atomic mass is 9.93. The summed E-state index contributed by atoms with van der Waals surface area (Å²) in [7, 11) is 0. The molecule has 0 spiro atoms. The third kappa shape index (κ3) is 5.30. The van der Waals surface area contributed by atoms with Crippen LogP contribution in [0.4, 0.5) is 17.2 Å². The van der Waals surface area contributed by atoms with E-state index in [9.17, 15) is 4.79 Å².